The Bertz CT molecular complexity index is 1300. The maximum absolute atomic E-state index is 13.1. The van der Waals surface area contributed by atoms with Crippen molar-refractivity contribution >= 4 is 26.7 Å². The smallest absolute Gasteiger partial charge is 0.243 e. The molecule has 1 N–H and O–H groups in total. The van der Waals surface area contributed by atoms with Gasteiger partial charge in [0.05, 0.1) is 29.4 Å². The number of methoxy groups -OCH3 is 1. The summed E-state index contributed by atoms with van der Waals surface area (Å²) in [5.41, 5.74) is 1.40. The lowest BCUT2D eigenvalue weighted by Gasteiger charge is -2.37. The van der Waals surface area contributed by atoms with Gasteiger partial charge in [0, 0.05) is 39.3 Å². The van der Waals surface area contributed by atoms with E-state index in [2.05, 4.69) is 31.8 Å². The molecule has 0 spiro atoms. The third kappa shape index (κ3) is 4.56. The van der Waals surface area contributed by atoms with Crippen LogP contribution in [0.1, 0.15) is 18.5 Å². The Morgan fingerprint density at radius 2 is 1.66 bits per heavy atom. The van der Waals surface area contributed by atoms with Crippen molar-refractivity contribution in [2.75, 3.05) is 58.3 Å². The minimum atomic E-state index is -3.67. The van der Waals surface area contributed by atoms with Gasteiger partial charge in [0.15, 0.2) is 0 Å². The topological polar surface area (TPSA) is 112 Å². The van der Waals surface area contributed by atoms with Crippen molar-refractivity contribution in [1.82, 2.24) is 24.2 Å². The molecule has 0 aliphatic carbocycles. The van der Waals surface area contributed by atoms with Gasteiger partial charge < -0.3 is 19.6 Å². The quantitative estimate of drug-likeness (QED) is 0.559. The van der Waals surface area contributed by atoms with Crippen LogP contribution >= 0.6 is 0 Å². The Balaban J connectivity index is 1.35. The van der Waals surface area contributed by atoms with Crippen molar-refractivity contribution in [2.45, 2.75) is 23.3 Å². The molecule has 2 saturated heterocycles. The fourth-order valence-electron chi connectivity index (χ4n) is 4.74. The van der Waals surface area contributed by atoms with Gasteiger partial charge in [0.1, 0.15) is 28.9 Å². The Morgan fingerprint density at radius 1 is 0.971 bits per heavy atom. The van der Waals surface area contributed by atoms with Crippen LogP contribution in [0, 0.1) is 0 Å². The Hall–Kier alpha value is -2.86. The summed E-state index contributed by atoms with van der Waals surface area (Å²) in [5, 5.41) is 11.5. The van der Waals surface area contributed by atoms with E-state index in [-0.39, 0.29) is 30.8 Å². The van der Waals surface area contributed by atoms with Crippen LogP contribution in [-0.2, 0) is 15.6 Å². The molecule has 4 heterocycles. The minimum absolute atomic E-state index is 0.176. The highest BCUT2D eigenvalue weighted by molar-refractivity contribution is 7.89. The van der Waals surface area contributed by atoms with Gasteiger partial charge in [0.25, 0.3) is 0 Å². The lowest BCUT2D eigenvalue weighted by molar-refractivity contribution is -0.0122. The fraction of sp³-hybridized carbons (Fsp3) is 0.458. The summed E-state index contributed by atoms with van der Waals surface area (Å²) in [7, 11) is -0.0242. The van der Waals surface area contributed by atoms with Crippen LogP contribution < -0.4 is 9.64 Å². The molecular weight excluding hydrogens is 468 g/mol. The van der Waals surface area contributed by atoms with E-state index in [0.29, 0.717) is 22.5 Å². The summed E-state index contributed by atoms with van der Waals surface area (Å²) >= 11 is 0. The van der Waals surface area contributed by atoms with Gasteiger partial charge in [-0.2, -0.15) is 4.31 Å². The van der Waals surface area contributed by atoms with Crippen LogP contribution in [0.4, 0.5) is 5.69 Å². The van der Waals surface area contributed by atoms with Crippen molar-refractivity contribution in [3.63, 3.8) is 0 Å². The number of hydrogen-bond donors (Lipinski definition) is 1. The van der Waals surface area contributed by atoms with E-state index in [4.69, 9.17) is 4.74 Å². The van der Waals surface area contributed by atoms with Crippen molar-refractivity contribution in [3.8, 4) is 5.75 Å². The van der Waals surface area contributed by atoms with Crippen LogP contribution in [-0.4, -0.2) is 91.1 Å². The maximum Gasteiger partial charge on any atom is 0.243 e. The van der Waals surface area contributed by atoms with Crippen LogP contribution in [0.5, 0.6) is 5.75 Å². The maximum atomic E-state index is 13.1. The molecule has 0 amide bonds. The monoisotopic (exact) mass is 498 g/mol. The first-order valence-corrected chi connectivity index (χ1v) is 13.2. The number of nitrogens with zero attached hydrogens (tertiary/aromatic N) is 6. The molecule has 35 heavy (non-hydrogen) atoms. The summed E-state index contributed by atoms with van der Waals surface area (Å²) in [6.45, 7) is 4.17. The van der Waals surface area contributed by atoms with Gasteiger partial charge in [-0.3, -0.25) is 4.98 Å². The zero-order valence-electron chi connectivity index (χ0n) is 20.0. The number of hydrogen-bond acceptors (Lipinski definition) is 9. The number of aliphatic hydroxyl groups is 1. The molecule has 2 aliphatic heterocycles. The lowest BCUT2D eigenvalue weighted by Crippen LogP contribution is -2.45. The molecular formula is C24H30N6O4S. The summed E-state index contributed by atoms with van der Waals surface area (Å²) < 4.78 is 32.8. The highest BCUT2D eigenvalue weighted by Gasteiger charge is 2.40. The number of piperazine rings is 1. The second-order valence-electron chi connectivity index (χ2n) is 9.19. The Morgan fingerprint density at radius 3 is 2.31 bits per heavy atom. The number of ether oxygens (including phenoxy) is 1. The van der Waals surface area contributed by atoms with Crippen LogP contribution in [0.25, 0.3) is 11.0 Å². The number of aromatic nitrogens is 3. The molecule has 2 aromatic heterocycles. The molecule has 2 aliphatic rings. The first kappa shape index (κ1) is 23.9. The van der Waals surface area contributed by atoms with Gasteiger partial charge in [-0.05, 0) is 50.2 Å². The van der Waals surface area contributed by atoms with Crippen molar-refractivity contribution < 1.29 is 18.3 Å². The van der Waals surface area contributed by atoms with Gasteiger partial charge in [-0.25, -0.2) is 18.4 Å². The molecule has 0 atom stereocenters. The first-order valence-electron chi connectivity index (χ1n) is 11.7. The van der Waals surface area contributed by atoms with E-state index in [1.54, 1.807) is 12.1 Å². The van der Waals surface area contributed by atoms with Crippen molar-refractivity contribution in [2.24, 2.45) is 0 Å². The molecule has 3 aromatic rings. The summed E-state index contributed by atoms with van der Waals surface area (Å²) in [6.07, 6.45) is 3.70. The number of anilines is 1. The number of fused-ring (bicyclic) bond motifs is 1. The average Bonchev–Trinajstić information content (AvgIpc) is 2.88. The van der Waals surface area contributed by atoms with E-state index in [1.807, 2.05) is 12.3 Å². The highest BCUT2D eigenvalue weighted by atomic mass is 32.2. The molecule has 0 bridgehead atoms. The van der Waals surface area contributed by atoms with E-state index in [9.17, 15) is 13.5 Å². The third-order valence-electron chi connectivity index (χ3n) is 7.02. The zero-order valence-corrected chi connectivity index (χ0v) is 20.8. The molecule has 2 fully saturated rings. The standard InChI is InChI=1S/C24H30N6O4S/c1-28-11-13-29(14-12-28)18-15-21-22(25-16-18)23(27-17-26-21)24(31)7-9-30(10-8-24)35(32,33)20-5-3-19(34-2)4-6-20/h3-6,15-17,31H,7-14H2,1-2H3. The van der Waals surface area contributed by atoms with Gasteiger partial charge in [0.2, 0.25) is 10.0 Å². The molecule has 1 aromatic carbocycles. The molecule has 5 rings (SSSR count). The summed E-state index contributed by atoms with van der Waals surface area (Å²) in [5.74, 6) is 0.593. The number of pyridine rings is 1. The summed E-state index contributed by atoms with van der Waals surface area (Å²) in [6, 6.07) is 8.32. The molecule has 10 nitrogen and oxygen atoms in total. The second-order valence-corrected chi connectivity index (χ2v) is 11.1. The van der Waals surface area contributed by atoms with E-state index < -0.39 is 15.6 Å². The van der Waals surface area contributed by atoms with E-state index in [0.717, 1.165) is 31.9 Å². The lowest BCUT2D eigenvalue weighted by atomic mass is 9.88. The number of likely N-dealkylation sites (N-methyl/N-ethyl adjacent to an activating group) is 1. The Labute approximate surface area is 205 Å². The molecule has 11 heteroatoms. The van der Waals surface area contributed by atoms with Crippen LogP contribution in [0.3, 0.4) is 0 Å². The summed E-state index contributed by atoms with van der Waals surface area (Å²) in [4.78, 5) is 18.2. The predicted octanol–water partition coefficient (Wildman–Crippen LogP) is 1.46. The number of benzene rings is 1. The van der Waals surface area contributed by atoms with E-state index in [1.165, 1.54) is 29.9 Å². The average molecular weight is 499 g/mol. The Kier molecular flexibility index (Phi) is 6.34. The van der Waals surface area contributed by atoms with Crippen molar-refractivity contribution in [1.29, 1.82) is 0 Å². The number of rotatable bonds is 5. The van der Waals surface area contributed by atoms with Crippen LogP contribution in [0.15, 0.2) is 47.8 Å². The number of piperidine rings is 1. The molecule has 0 saturated carbocycles. The van der Waals surface area contributed by atoms with Gasteiger partial charge in [-0.15, -0.1) is 0 Å². The SMILES string of the molecule is COc1ccc(S(=O)(=O)N2CCC(O)(c3ncnc4cc(N5CCN(C)CC5)cnc34)CC2)cc1. The highest BCUT2D eigenvalue weighted by Crippen LogP contribution is 2.36. The normalized spacial score (nSPS) is 19.7. The molecule has 0 unspecified atom stereocenters. The van der Waals surface area contributed by atoms with Gasteiger partial charge >= 0.3 is 0 Å². The van der Waals surface area contributed by atoms with E-state index >= 15 is 0 Å². The fourth-order valence-corrected chi connectivity index (χ4v) is 6.18. The first-order chi connectivity index (χ1) is 16.8. The van der Waals surface area contributed by atoms with Gasteiger partial charge in [-0.1, -0.05) is 0 Å². The zero-order chi connectivity index (χ0) is 24.6. The van der Waals surface area contributed by atoms with Crippen LogP contribution in [0.2, 0.25) is 0 Å². The molecule has 0 radical (unpaired) electrons. The predicted molar refractivity (Wildman–Crippen MR) is 132 cm³/mol. The minimum Gasteiger partial charge on any atom is -0.497 e. The molecule has 186 valence electrons. The largest absolute Gasteiger partial charge is 0.497 e. The van der Waals surface area contributed by atoms with Crippen molar-refractivity contribution in [3.05, 3.63) is 48.5 Å². The second kappa shape index (κ2) is 9.30. The third-order valence-corrected chi connectivity index (χ3v) is 8.93. The number of sulfonamides is 1.